The van der Waals surface area contributed by atoms with Crippen LogP contribution in [0.3, 0.4) is 0 Å². The Morgan fingerprint density at radius 1 is 1.29 bits per heavy atom. The van der Waals surface area contributed by atoms with Crippen molar-refractivity contribution in [3.05, 3.63) is 23.8 Å². The zero-order valence-corrected chi connectivity index (χ0v) is 13.6. The number of nitrogens with one attached hydrogen (secondary N) is 1. The molecular weight excluding hydrogens is 296 g/mol. The molecule has 0 spiro atoms. The van der Waals surface area contributed by atoms with Crippen molar-refractivity contribution in [2.24, 2.45) is 5.92 Å². The summed E-state index contributed by atoms with van der Waals surface area (Å²) < 4.78 is 30.1. The molecule has 0 aromatic heterocycles. The van der Waals surface area contributed by atoms with Crippen molar-refractivity contribution in [2.45, 2.75) is 43.6 Å². The summed E-state index contributed by atoms with van der Waals surface area (Å²) in [6, 6.07) is 5.19. The zero-order chi connectivity index (χ0) is 16.0. The van der Waals surface area contributed by atoms with Crippen LogP contribution in [0, 0.1) is 5.92 Å². The van der Waals surface area contributed by atoms with Gasteiger partial charge in [-0.05, 0) is 30.5 Å². The molecule has 0 aliphatic heterocycles. The van der Waals surface area contributed by atoms with Gasteiger partial charge in [0.1, 0.15) is 5.75 Å². The molecule has 6 heteroatoms. The monoisotopic (exact) mass is 319 g/mol. The highest BCUT2D eigenvalue weighted by Gasteiger charge is 2.15. The van der Waals surface area contributed by atoms with Crippen LogP contribution in [0.1, 0.15) is 32.4 Å². The summed E-state index contributed by atoms with van der Waals surface area (Å²) in [5, 5.41) is 13.0. The molecule has 120 valence electrons. The molecule has 0 radical (unpaired) electrons. The van der Waals surface area contributed by atoms with Crippen LogP contribution >= 0.6 is 11.8 Å². The summed E-state index contributed by atoms with van der Waals surface area (Å²) in [6.07, 6.45) is -0.414. The fourth-order valence-corrected chi connectivity index (χ4v) is 2.39. The van der Waals surface area contributed by atoms with E-state index in [1.54, 1.807) is 18.2 Å². The average molecular weight is 319 g/mol. The van der Waals surface area contributed by atoms with Crippen LogP contribution in [0.4, 0.5) is 8.78 Å². The van der Waals surface area contributed by atoms with Crippen LogP contribution < -0.4 is 10.1 Å². The molecule has 1 rings (SSSR count). The first kappa shape index (κ1) is 18.2. The molecule has 2 atom stereocenters. The second-order valence-corrected chi connectivity index (χ2v) is 6.26. The minimum Gasteiger partial charge on any atom is -0.496 e. The summed E-state index contributed by atoms with van der Waals surface area (Å²) in [5.74, 6) is -1.85. The van der Waals surface area contributed by atoms with E-state index in [0.29, 0.717) is 29.0 Å². The molecule has 0 amide bonds. The first-order valence-corrected chi connectivity index (χ1v) is 7.77. The minimum atomic E-state index is -2.47. The van der Waals surface area contributed by atoms with Crippen molar-refractivity contribution in [1.29, 1.82) is 0 Å². The van der Waals surface area contributed by atoms with E-state index in [0.717, 1.165) is 5.56 Å². The number of hydrogen-bond donors (Lipinski definition) is 2. The predicted molar refractivity (Wildman–Crippen MR) is 82.1 cm³/mol. The maximum absolute atomic E-state index is 12.4. The lowest BCUT2D eigenvalue weighted by Crippen LogP contribution is -2.32. The van der Waals surface area contributed by atoms with Crippen molar-refractivity contribution >= 4 is 11.8 Å². The van der Waals surface area contributed by atoms with Gasteiger partial charge in [-0.2, -0.15) is 8.78 Å². The van der Waals surface area contributed by atoms with E-state index >= 15 is 0 Å². The van der Waals surface area contributed by atoms with Gasteiger partial charge in [0.2, 0.25) is 0 Å². The molecule has 0 aliphatic carbocycles. The third-order valence-corrected chi connectivity index (χ3v) is 4.08. The molecule has 21 heavy (non-hydrogen) atoms. The molecule has 0 heterocycles. The largest absolute Gasteiger partial charge is 0.496 e. The van der Waals surface area contributed by atoms with Gasteiger partial charge in [0.25, 0.3) is 5.76 Å². The second-order valence-electron chi connectivity index (χ2n) is 5.23. The third kappa shape index (κ3) is 5.80. The highest BCUT2D eigenvalue weighted by Crippen LogP contribution is 2.35. The number of ether oxygens (including phenoxy) is 1. The summed E-state index contributed by atoms with van der Waals surface area (Å²) in [6.45, 7) is 6.35. The number of halogens is 2. The fourth-order valence-electron chi connectivity index (χ4n) is 1.80. The Morgan fingerprint density at radius 2 is 1.95 bits per heavy atom. The van der Waals surface area contributed by atoms with Crippen molar-refractivity contribution in [2.75, 3.05) is 13.7 Å². The summed E-state index contributed by atoms with van der Waals surface area (Å²) in [5.41, 5.74) is 0.932. The fraction of sp³-hybridized carbons (Fsp3) is 0.600. The Morgan fingerprint density at radius 3 is 2.48 bits per heavy atom. The number of aliphatic hydroxyl groups is 1. The first-order valence-electron chi connectivity index (χ1n) is 6.89. The third-order valence-electron chi connectivity index (χ3n) is 3.31. The molecule has 1 aromatic rings. The lowest BCUT2D eigenvalue weighted by Gasteiger charge is -2.20. The van der Waals surface area contributed by atoms with Crippen molar-refractivity contribution in [3.63, 3.8) is 0 Å². The summed E-state index contributed by atoms with van der Waals surface area (Å²) in [4.78, 5) is 0.422. The molecule has 0 bridgehead atoms. The molecule has 2 unspecified atom stereocenters. The van der Waals surface area contributed by atoms with Gasteiger partial charge < -0.3 is 15.2 Å². The molecule has 0 saturated heterocycles. The van der Waals surface area contributed by atoms with Crippen molar-refractivity contribution < 1.29 is 18.6 Å². The first-order chi connectivity index (χ1) is 9.85. The molecule has 2 N–H and O–H groups in total. The Bertz CT molecular complexity index is 444. The molecule has 3 nitrogen and oxygen atoms in total. The van der Waals surface area contributed by atoms with Gasteiger partial charge >= 0.3 is 0 Å². The van der Waals surface area contributed by atoms with E-state index in [1.165, 1.54) is 7.11 Å². The average Bonchev–Trinajstić information content (AvgIpc) is 2.43. The topological polar surface area (TPSA) is 41.5 Å². The van der Waals surface area contributed by atoms with Crippen LogP contribution in [0.5, 0.6) is 5.75 Å². The molecule has 0 aliphatic rings. The van der Waals surface area contributed by atoms with E-state index in [4.69, 9.17) is 4.74 Å². The van der Waals surface area contributed by atoms with Gasteiger partial charge in [0, 0.05) is 12.6 Å². The highest BCUT2D eigenvalue weighted by atomic mass is 32.2. The van der Waals surface area contributed by atoms with E-state index in [1.807, 2.05) is 20.8 Å². The molecule has 1 aromatic carbocycles. The van der Waals surface area contributed by atoms with Crippen LogP contribution in [0.2, 0.25) is 0 Å². The summed E-state index contributed by atoms with van der Waals surface area (Å²) in [7, 11) is 1.47. The Labute approximate surface area is 129 Å². The number of alkyl halides is 2. The lowest BCUT2D eigenvalue weighted by molar-refractivity contribution is 0.120. The quantitative estimate of drug-likeness (QED) is 0.717. The number of rotatable bonds is 8. The van der Waals surface area contributed by atoms with Gasteiger partial charge in [-0.15, -0.1) is 0 Å². The van der Waals surface area contributed by atoms with E-state index in [2.05, 4.69) is 5.32 Å². The van der Waals surface area contributed by atoms with Crippen LogP contribution in [0.15, 0.2) is 23.1 Å². The molecular formula is C15H23F2NO2S. The minimum absolute atomic E-state index is 0.00194. The van der Waals surface area contributed by atoms with Crippen LogP contribution in [-0.4, -0.2) is 30.6 Å². The van der Waals surface area contributed by atoms with Gasteiger partial charge in [-0.1, -0.05) is 31.7 Å². The van der Waals surface area contributed by atoms with E-state index < -0.39 is 11.9 Å². The standard InChI is InChI=1S/C15H23F2NO2S/c1-9(2)12(19)8-18-10(3)11-5-6-14(21-15(16)17)13(7-11)20-4/h5-7,9-10,12,15,18-19H,8H2,1-4H3. The number of thioether (sulfide) groups is 1. The van der Waals surface area contributed by atoms with Crippen LogP contribution in [0.25, 0.3) is 0 Å². The number of hydrogen-bond acceptors (Lipinski definition) is 4. The number of aliphatic hydroxyl groups excluding tert-OH is 1. The van der Waals surface area contributed by atoms with Gasteiger partial charge in [-0.25, -0.2) is 0 Å². The van der Waals surface area contributed by atoms with Gasteiger partial charge in [-0.3, -0.25) is 0 Å². The van der Waals surface area contributed by atoms with Gasteiger partial charge in [0.05, 0.1) is 18.1 Å². The zero-order valence-electron chi connectivity index (χ0n) is 12.8. The molecule has 0 saturated carbocycles. The van der Waals surface area contributed by atoms with Crippen LogP contribution in [-0.2, 0) is 0 Å². The second kappa shape index (κ2) is 8.56. The number of methoxy groups -OCH3 is 1. The van der Waals surface area contributed by atoms with Crippen molar-refractivity contribution in [1.82, 2.24) is 5.32 Å². The highest BCUT2D eigenvalue weighted by molar-refractivity contribution is 7.99. The van der Waals surface area contributed by atoms with E-state index in [-0.39, 0.29) is 12.0 Å². The maximum Gasteiger partial charge on any atom is 0.289 e. The molecule has 0 fully saturated rings. The SMILES string of the molecule is COc1cc(C(C)NCC(O)C(C)C)ccc1SC(F)F. The Kier molecular flexibility index (Phi) is 7.42. The lowest BCUT2D eigenvalue weighted by atomic mass is 10.1. The normalized spacial score (nSPS) is 14.5. The van der Waals surface area contributed by atoms with E-state index in [9.17, 15) is 13.9 Å². The Hall–Kier alpha value is -0.850. The summed E-state index contributed by atoms with van der Waals surface area (Å²) >= 11 is 0.473. The van der Waals surface area contributed by atoms with Gasteiger partial charge in [0.15, 0.2) is 0 Å². The smallest absolute Gasteiger partial charge is 0.289 e. The number of benzene rings is 1. The predicted octanol–water partition coefficient (Wildman–Crippen LogP) is 3.68. The maximum atomic E-state index is 12.4. The van der Waals surface area contributed by atoms with Crippen molar-refractivity contribution in [3.8, 4) is 5.75 Å². The Balaban J connectivity index is 2.74.